The lowest BCUT2D eigenvalue weighted by atomic mass is 9.86. The number of hydrogen-bond donors (Lipinski definition) is 1. The maximum absolute atomic E-state index is 5.86. The minimum absolute atomic E-state index is 0.293. The van der Waals surface area contributed by atoms with E-state index in [1.165, 1.54) is 12.0 Å². The number of para-hydroxylation sites is 1. The van der Waals surface area contributed by atoms with Crippen LogP contribution in [-0.2, 0) is 0 Å². The van der Waals surface area contributed by atoms with Crippen molar-refractivity contribution in [2.75, 3.05) is 26.2 Å². The Balaban J connectivity index is 1.80. The van der Waals surface area contributed by atoms with Crippen LogP contribution in [-0.4, -0.2) is 37.2 Å². The van der Waals surface area contributed by atoms with Crippen LogP contribution >= 0.6 is 0 Å². The van der Waals surface area contributed by atoms with Gasteiger partial charge in [0.25, 0.3) is 0 Å². The molecule has 1 aromatic rings. The average molecular weight is 274 g/mol. The van der Waals surface area contributed by atoms with Gasteiger partial charge in [-0.2, -0.15) is 0 Å². The predicted molar refractivity (Wildman–Crippen MR) is 82.1 cm³/mol. The second-order valence-corrected chi connectivity index (χ2v) is 7.09. The third-order valence-corrected chi connectivity index (χ3v) is 4.59. The van der Waals surface area contributed by atoms with Crippen LogP contribution in [0.5, 0.6) is 5.75 Å². The third-order valence-electron chi connectivity index (χ3n) is 4.59. The van der Waals surface area contributed by atoms with Gasteiger partial charge in [-0.05, 0) is 24.4 Å². The van der Waals surface area contributed by atoms with Gasteiger partial charge in [-0.1, -0.05) is 39.0 Å². The van der Waals surface area contributed by atoms with Gasteiger partial charge < -0.3 is 10.1 Å². The summed E-state index contributed by atoms with van der Waals surface area (Å²) >= 11 is 0. The largest absolute Gasteiger partial charge is 0.491 e. The van der Waals surface area contributed by atoms with Crippen molar-refractivity contribution < 1.29 is 4.74 Å². The Morgan fingerprint density at radius 1 is 1.25 bits per heavy atom. The Morgan fingerprint density at radius 2 is 2.05 bits per heavy atom. The Morgan fingerprint density at radius 3 is 2.85 bits per heavy atom. The minimum atomic E-state index is 0.293. The van der Waals surface area contributed by atoms with Gasteiger partial charge in [0.05, 0.1) is 6.04 Å². The first kappa shape index (κ1) is 13.9. The summed E-state index contributed by atoms with van der Waals surface area (Å²) in [5, 5.41) is 3.72. The highest BCUT2D eigenvalue weighted by Gasteiger charge is 2.34. The molecule has 0 radical (unpaired) electrons. The van der Waals surface area contributed by atoms with Crippen molar-refractivity contribution in [3.8, 4) is 5.75 Å². The number of nitrogens with one attached hydrogen (secondary N) is 1. The van der Waals surface area contributed by atoms with Crippen molar-refractivity contribution in [2.45, 2.75) is 39.3 Å². The molecule has 110 valence electrons. The SMILES string of the molecule is CC(C)(C)C1CN(C2COc3ccccc32)CCCN1. The monoisotopic (exact) mass is 274 g/mol. The highest BCUT2D eigenvalue weighted by molar-refractivity contribution is 5.39. The number of nitrogens with zero attached hydrogens (tertiary/aromatic N) is 1. The van der Waals surface area contributed by atoms with Gasteiger partial charge in [0.2, 0.25) is 0 Å². The van der Waals surface area contributed by atoms with E-state index in [0.29, 0.717) is 17.5 Å². The van der Waals surface area contributed by atoms with E-state index in [1.54, 1.807) is 0 Å². The van der Waals surface area contributed by atoms with E-state index in [9.17, 15) is 0 Å². The molecule has 2 aliphatic rings. The summed E-state index contributed by atoms with van der Waals surface area (Å²) in [6.07, 6.45) is 1.21. The van der Waals surface area contributed by atoms with E-state index in [4.69, 9.17) is 4.74 Å². The fraction of sp³-hybridized carbons (Fsp3) is 0.647. The average Bonchev–Trinajstić information content (AvgIpc) is 2.66. The molecule has 0 aliphatic carbocycles. The summed E-state index contributed by atoms with van der Waals surface area (Å²) in [6.45, 7) is 11.2. The van der Waals surface area contributed by atoms with E-state index in [2.05, 4.69) is 55.3 Å². The molecule has 3 heteroatoms. The Hall–Kier alpha value is -1.06. The van der Waals surface area contributed by atoms with Crippen LogP contribution in [0.4, 0.5) is 0 Å². The molecule has 0 spiro atoms. The molecule has 1 fully saturated rings. The van der Waals surface area contributed by atoms with E-state index in [0.717, 1.165) is 32.0 Å². The molecule has 2 unspecified atom stereocenters. The molecule has 1 N–H and O–H groups in total. The van der Waals surface area contributed by atoms with Crippen LogP contribution < -0.4 is 10.1 Å². The highest BCUT2D eigenvalue weighted by atomic mass is 16.5. The van der Waals surface area contributed by atoms with E-state index >= 15 is 0 Å². The van der Waals surface area contributed by atoms with Crippen molar-refractivity contribution in [1.29, 1.82) is 0 Å². The maximum atomic E-state index is 5.86. The Bertz CT molecular complexity index is 466. The lowest BCUT2D eigenvalue weighted by molar-refractivity contribution is 0.134. The Labute approximate surface area is 122 Å². The molecule has 3 nitrogen and oxygen atoms in total. The molecular weight excluding hydrogens is 248 g/mol. The molecule has 1 saturated heterocycles. The van der Waals surface area contributed by atoms with Crippen molar-refractivity contribution in [1.82, 2.24) is 10.2 Å². The van der Waals surface area contributed by atoms with Gasteiger partial charge in [0, 0.05) is 24.7 Å². The van der Waals surface area contributed by atoms with Gasteiger partial charge in [-0.3, -0.25) is 4.90 Å². The van der Waals surface area contributed by atoms with Gasteiger partial charge in [-0.25, -0.2) is 0 Å². The first-order valence-corrected chi connectivity index (χ1v) is 7.75. The van der Waals surface area contributed by atoms with Crippen LogP contribution in [0, 0.1) is 5.41 Å². The second kappa shape index (κ2) is 5.38. The minimum Gasteiger partial charge on any atom is -0.491 e. The summed E-state index contributed by atoms with van der Waals surface area (Å²) in [7, 11) is 0. The second-order valence-electron chi connectivity index (χ2n) is 7.09. The zero-order valence-corrected chi connectivity index (χ0v) is 12.9. The Kier molecular flexibility index (Phi) is 3.74. The van der Waals surface area contributed by atoms with Crippen molar-refractivity contribution >= 4 is 0 Å². The number of ether oxygens (including phenoxy) is 1. The summed E-state index contributed by atoms with van der Waals surface area (Å²) in [4.78, 5) is 2.61. The molecule has 1 aromatic carbocycles. The van der Waals surface area contributed by atoms with Gasteiger partial charge in [-0.15, -0.1) is 0 Å². The molecule has 2 atom stereocenters. The zero-order valence-electron chi connectivity index (χ0n) is 12.9. The predicted octanol–water partition coefficient (Wildman–Crippen LogP) is 2.83. The smallest absolute Gasteiger partial charge is 0.124 e. The van der Waals surface area contributed by atoms with Crippen LogP contribution in [0.1, 0.15) is 38.8 Å². The molecule has 0 aromatic heterocycles. The molecule has 0 bridgehead atoms. The summed E-state index contributed by atoms with van der Waals surface area (Å²) < 4.78 is 5.86. The lowest BCUT2D eigenvalue weighted by Crippen LogP contribution is -2.47. The molecular formula is C17H26N2O. The third kappa shape index (κ3) is 2.70. The van der Waals surface area contributed by atoms with E-state index in [1.807, 2.05) is 0 Å². The van der Waals surface area contributed by atoms with Crippen LogP contribution in [0.25, 0.3) is 0 Å². The van der Waals surface area contributed by atoms with E-state index < -0.39 is 0 Å². The maximum Gasteiger partial charge on any atom is 0.124 e. The van der Waals surface area contributed by atoms with Gasteiger partial charge >= 0.3 is 0 Å². The van der Waals surface area contributed by atoms with Gasteiger partial charge in [0.1, 0.15) is 12.4 Å². The number of benzene rings is 1. The molecule has 0 amide bonds. The lowest BCUT2D eigenvalue weighted by Gasteiger charge is -2.35. The first-order chi connectivity index (χ1) is 9.55. The summed E-state index contributed by atoms with van der Waals surface area (Å²) in [6, 6.07) is 9.46. The summed E-state index contributed by atoms with van der Waals surface area (Å²) in [5.74, 6) is 1.07. The van der Waals surface area contributed by atoms with Crippen LogP contribution in [0.3, 0.4) is 0 Å². The summed E-state index contributed by atoms with van der Waals surface area (Å²) in [5.41, 5.74) is 1.66. The molecule has 3 rings (SSSR count). The van der Waals surface area contributed by atoms with Crippen LogP contribution in [0.2, 0.25) is 0 Å². The fourth-order valence-corrected chi connectivity index (χ4v) is 3.26. The first-order valence-electron chi connectivity index (χ1n) is 7.75. The molecule has 2 aliphatic heterocycles. The molecule has 0 saturated carbocycles. The van der Waals surface area contributed by atoms with Crippen molar-refractivity contribution in [3.63, 3.8) is 0 Å². The molecule has 2 heterocycles. The zero-order chi connectivity index (χ0) is 14.2. The van der Waals surface area contributed by atoms with Crippen molar-refractivity contribution in [2.24, 2.45) is 5.41 Å². The standard InChI is InChI=1S/C17H26N2O/c1-17(2,3)16-11-19(10-6-9-18-16)14-12-20-15-8-5-4-7-13(14)15/h4-5,7-8,14,16,18H,6,9-12H2,1-3H3. The number of fused-ring (bicyclic) bond motifs is 1. The topological polar surface area (TPSA) is 24.5 Å². The van der Waals surface area contributed by atoms with Gasteiger partial charge in [0.15, 0.2) is 0 Å². The van der Waals surface area contributed by atoms with Crippen molar-refractivity contribution in [3.05, 3.63) is 29.8 Å². The normalized spacial score (nSPS) is 27.8. The fourth-order valence-electron chi connectivity index (χ4n) is 3.26. The highest BCUT2D eigenvalue weighted by Crippen LogP contribution is 2.37. The quantitative estimate of drug-likeness (QED) is 0.852. The van der Waals surface area contributed by atoms with Crippen LogP contribution in [0.15, 0.2) is 24.3 Å². The number of hydrogen-bond acceptors (Lipinski definition) is 3. The van der Waals surface area contributed by atoms with E-state index in [-0.39, 0.29) is 0 Å². The molecule has 20 heavy (non-hydrogen) atoms. The number of rotatable bonds is 1.